The number of halogens is 1. The van der Waals surface area contributed by atoms with Crippen LogP contribution in [0.25, 0.3) is 0 Å². The topological polar surface area (TPSA) is 76.1 Å². The summed E-state index contributed by atoms with van der Waals surface area (Å²) in [5.74, 6) is 0.567. The van der Waals surface area contributed by atoms with Gasteiger partial charge in [-0.25, -0.2) is 9.97 Å². The van der Waals surface area contributed by atoms with Gasteiger partial charge < -0.3 is 4.74 Å². The standard InChI is InChI=1S/C15H17ClN4O2/c1-9-8-10(2)18-15(17-9)20-19-14(21)11(3)22-13-6-4-12(16)5-7-13/h4-8,11H,1-3H3,(H,19,21)(H,17,18,20)/t11-/m1/s1. The minimum atomic E-state index is -0.681. The number of hydrazine groups is 1. The SMILES string of the molecule is Cc1cc(C)nc(NNC(=O)[C@@H](C)Oc2ccc(Cl)cc2)n1. The molecule has 2 N–H and O–H groups in total. The largest absolute Gasteiger partial charge is 0.481 e. The van der Waals surface area contributed by atoms with Crippen LogP contribution in [0.3, 0.4) is 0 Å². The maximum absolute atomic E-state index is 12.0. The lowest BCUT2D eigenvalue weighted by atomic mass is 10.3. The van der Waals surface area contributed by atoms with E-state index in [9.17, 15) is 4.79 Å². The van der Waals surface area contributed by atoms with Crippen molar-refractivity contribution in [2.45, 2.75) is 26.9 Å². The van der Waals surface area contributed by atoms with E-state index in [4.69, 9.17) is 16.3 Å². The van der Waals surface area contributed by atoms with Gasteiger partial charge in [-0.15, -0.1) is 0 Å². The molecule has 1 heterocycles. The second-order valence-electron chi connectivity index (χ2n) is 4.80. The molecule has 1 amide bonds. The van der Waals surface area contributed by atoms with Gasteiger partial charge in [-0.3, -0.25) is 15.6 Å². The van der Waals surface area contributed by atoms with Crippen LogP contribution in [-0.2, 0) is 4.79 Å². The number of nitrogens with one attached hydrogen (secondary N) is 2. The van der Waals surface area contributed by atoms with Gasteiger partial charge in [0.15, 0.2) is 6.10 Å². The smallest absolute Gasteiger partial charge is 0.279 e. The average Bonchev–Trinajstić information content (AvgIpc) is 2.46. The zero-order valence-corrected chi connectivity index (χ0v) is 13.3. The van der Waals surface area contributed by atoms with E-state index in [0.29, 0.717) is 16.7 Å². The van der Waals surface area contributed by atoms with Gasteiger partial charge in [0.2, 0.25) is 5.95 Å². The molecule has 0 unspecified atom stereocenters. The Morgan fingerprint density at radius 1 is 1.18 bits per heavy atom. The van der Waals surface area contributed by atoms with Gasteiger partial charge in [-0.05, 0) is 51.1 Å². The number of nitrogens with zero attached hydrogens (tertiary/aromatic N) is 2. The molecule has 0 aliphatic rings. The van der Waals surface area contributed by atoms with Crippen molar-refractivity contribution in [1.29, 1.82) is 0 Å². The number of amides is 1. The highest BCUT2D eigenvalue weighted by Gasteiger charge is 2.14. The van der Waals surface area contributed by atoms with Gasteiger partial charge in [0.1, 0.15) is 5.75 Å². The molecule has 0 aliphatic heterocycles. The Balaban J connectivity index is 1.89. The van der Waals surface area contributed by atoms with Gasteiger partial charge in [0, 0.05) is 16.4 Å². The van der Waals surface area contributed by atoms with Crippen LogP contribution in [0, 0.1) is 13.8 Å². The molecule has 1 aromatic carbocycles. The first-order valence-corrected chi connectivity index (χ1v) is 7.12. The number of hydrogen-bond donors (Lipinski definition) is 2. The normalized spacial score (nSPS) is 11.6. The van der Waals surface area contributed by atoms with E-state index in [1.807, 2.05) is 19.9 Å². The third kappa shape index (κ3) is 4.60. The maximum Gasteiger partial charge on any atom is 0.279 e. The Bertz CT molecular complexity index is 641. The minimum absolute atomic E-state index is 0.335. The molecule has 22 heavy (non-hydrogen) atoms. The van der Waals surface area contributed by atoms with Crippen molar-refractivity contribution in [2.75, 3.05) is 5.43 Å². The Kier molecular flexibility index (Phi) is 5.16. The molecular formula is C15H17ClN4O2. The van der Waals surface area contributed by atoms with Crippen molar-refractivity contribution < 1.29 is 9.53 Å². The van der Waals surface area contributed by atoms with E-state index in [2.05, 4.69) is 20.8 Å². The molecule has 0 fully saturated rings. The number of carbonyl (C=O) groups excluding carboxylic acids is 1. The summed E-state index contributed by atoms with van der Waals surface area (Å²) >= 11 is 5.80. The number of aromatic nitrogens is 2. The Labute approximate surface area is 133 Å². The summed E-state index contributed by atoms with van der Waals surface area (Å²) in [5.41, 5.74) is 6.83. The highest BCUT2D eigenvalue weighted by molar-refractivity contribution is 6.30. The predicted octanol–water partition coefficient (Wildman–Crippen LogP) is 2.66. The molecule has 0 saturated carbocycles. The molecule has 6 nitrogen and oxygen atoms in total. The van der Waals surface area contributed by atoms with Crippen LogP contribution >= 0.6 is 11.6 Å². The molecule has 0 bridgehead atoms. The molecule has 0 aliphatic carbocycles. The molecular weight excluding hydrogens is 304 g/mol. The summed E-state index contributed by atoms with van der Waals surface area (Å²) in [6, 6.07) is 8.64. The summed E-state index contributed by atoms with van der Waals surface area (Å²) in [6.45, 7) is 5.36. The second kappa shape index (κ2) is 7.09. The molecule has 0 spiro atoms. The predicted molar refractivity (Wildman–Crippen MR) is 84.8 cm³/mol. The fourth-order valence-corrected chi connectivity index (χ4v) is 1.90. The van der Waals surface area contributed by atoms with Crippen molar-refractivity contribution in [2.24, 2.45) is 0 Å². The first-order valence-electron chi connectivity index (χ1n) is 6.74. The third-order valence-electron chi connectivity index (χ3n) is 2.78. The number of benzene rings is 1. The summed E-state index contributed by atoms with van der Waals surface area (Å²) < 4.78 is 5.52. The number of ether oxygens (including phenoxy) is 1. The first-order chi connectivity index (χ1) is 10.4. The van der Waals surface area contributed by atoms with E-state index >= 15 is 0 Å². The fraction of sp³-hybridized carbons (Fsp3) is 0.267. The fourth-order valence-electron chi connectivity index (χ4n) is 1.77. The highest BCUT2D eigenvalue weighted by atomic mass is 35.5. The van der Waals surface area contributed by atoms with Gasteiger partial charge in [-0.1, -0.05) is 11.6 Å². The molecule has 1 atom stereocenters. The van der Waals surface area contributed by atoms with Gasteiger partial charge in [-0.2, -0.15) is 0 Å². The van der Waals surface area contributed by atoms with Crippen LogP contribution in [0.1, 0.15) is 18.3 Å². The molecule has 2 rings (SSSR count). The molecule has 2 aromatic rings. The average molecular weight is 321 g/mol. The quantitative estimate of drug-likeness (QED) is 0.828. The highest BCUT2D eigenvalue weighted by Crippen LogP contribution is 2.16. The summed E-state index contributed by atoms with van der Waals surface area (Å²) in [6.07, 6.45) is -0.681. The van der Waals surface area contributed by atoms with Crippen molar-refractivity contribution in [3.63, 3.8) is 0 Å². The van der Waals surface area contributed by atoms with Gasteiger partial charge >= 0.3 is 0 Å². The van der Waals surface area contributed by atoms with Gasteiger partial charge in [0.05, 0.1) is 0 Å². The van der Waals surface area contributed by atoms with Crippen LogP contribution in [-0.4, -0.2) is 22.0 Å². The zero-order chi connectivity index (χ0) is 16.1. The number of aryl methyl sites for hydroxylation is 2. The summed E-state index contributed by atoms with van der Waals surface area (Å²) in [7, 11) is 0. The first kappa shape index (κ1) is 16.0. The van der Waals surface area contributed by atoms with E-state index in [-0.39, 0.29) is 5.91 Å². The Morgan fingerprint density at radius 2 is 1.77 bits per heavy atom. The van der Waals surface area contributed by atoms with Crippen molar-refractivity contribution in [1.82, 2.24) is 15.4 Å². The van der Waals surface area contributed by atoms with E-state index < -0.39 is 6.10 Å². The lowest BCUT2D eigenvalue weighted by Crippen LogP contribution is -2.40. The summed E-state index contributed by atoms with van der Waals surface area (Å²) in [4.78, 5) is 20.3. The number of anilines is 1. The lowest BCUT2D eigenvalue weighted by Gasteiger charge is -2.15. The number of carbonyl (C=O) groups is 1. The van der Waals surface area contributed by atoms with E-state index in [1.165, 1.54) is 0 Å². The Morgan fingerprint density at radius 3 is 2.36 bits per heavy atom. The Hall–Kier alpha value is -2.34. The number of hydrogen-bond acceptors (Lipinski definition) is 5. The second-order valence-corrected chi connectivity index (χ2v) is 5.24. The van der Waals surface area contributed by atoms with Crippen LogP contribution in [0.2, 0.25) is 5.02 Å². The molecule has 1 aromatic heterocycles. The third-order valence-corrected chi connectivity index (χ3v) is 3.03. The van der Waals surface area contributed by atoms with Crippen molar-refractivity contribution in [3.05, 3.63) is 46.7 Å². The number of rotatable bonds is 5. The molecule has 0 radical (unpaired) electrons. The zero-order valence-electron chi connectivity index (χ0n) is 12.6. The minimum Gasteiger partial charge on any atom is -0.481 e. The van der Waals surface area contributed by atoms with Gasteiger partial charge in [0.25, 0.3) is 5.91 Å². The maximum atomic E-state index is 12.0. The summed E-state index contributed by atoms with van der Waals surface area (Å²) in [5, 5.41) is 0.609. The molecule has 116 valence electrons. The molecule has 7 heteroatoms. The molecule has 0 saturated heterocycles. The van der Waals surface area contributed by atoms with Crippen molar-refractivity contribution in [3.8, 4) is 5.75 Å². The lowest BCUT2D eigenvalue weighted by molar-refractivity contribution is -0.126. The van der Waals surface area contributed by atoms with Crippen LogP contribution in [0.5, 0.6) is 5.75 Å². The van der Waals surface area contributed by atoms with E-state index in [1.54, 1.807) is 31.2 Å². The van der Waals surface area contributed by atoms with Crippen LogP contribution in [0.15, 0.2) is 30.3 Å². The van der Waals surface area contributed by atoms with Crippen LogP contribution < -0.4 is 15.6 Å². The van der Waals surface area contributed by atoms with E-state index in [0.717, 1.165) is 11.4 Å². The monoisotopic (exact) mass is 320 g/mol. The van der Waals surface area contributed by atoms with Crippen molar-refractivity contribution >= 4 is 23.5 Å². The van der Waals surface area contributed by atoms with Crippen LogP contribution in [0.4, 0.5) is 5.95 Å².